The van der Waals surface area contributed by atoms with Crippen LogP contribution in [0.5, 0.6) is 11.5 Å². The second kappa shape index (κ2) is 10.7. The Morgan fingerprint density at radius 3 is 2.34 bits per heavy atom. The molecular weight excluding hydrogens is 428 g/mol. The number of benzene rings is 3. The van der Waals surface area contributed by atoms with Crippen molar-refractivity contribution in [1.29, 1.82) is 0 Å². The zero-order valence-electron chi connectivity index (χ0n) is 18.0. The highest BCUT2D eigenvalue weighted by Crippen LogP contribution is 2.24. The molecule has 0 fully saturated rings. The van der Waals surface area contributed by atoms with Crippen LogP contribution in [-0.4, -0.2) is 34.6 Å². The van der Waals surface area contributed by atoms with E-state index in [2.05, 4.69) is 10.0 Å². The molecule has 8 heteroatoms. The Balaban J connectivity index is 1.53. The van der Waals surface area contributed by atoms with Crippen molar-refractivity contribution in [2.45, 2.75) is 18.2 Å². The predicted molar refractivity (Wildman–Crippen MR) is 124 cm³/mol. The van der Waals surface area contributed by atoms with Crippen molar-refractivity contribution >= 4 is 21.6 Å². The molecule has 0 bridgehead atoms. The van der Waals surface area contributed by atoms with E-state index in [-0.39, 0.29) is 17.4 Å². The number of carbonyl (C=O) groups excluding carboxylic acids is 1. The summed E-state index contributed by atoms with van der Waals surface area (Å²) in [5.41, 5.74) is 2.18. The van der Waals surface area contributed by atoms with Crippen LogP contribution >= 0.6 is 0 Å². The Morgan fingerprint density at radius 1 is 0.969 bits per heavy atom. The molecule has 0 aromatic heterocycles. The summed E-state index contributed by atoms with van der Waals surface area (Å²) in [7, 11) is -2.23. The molecule has 3 aromatic carbocycles. The van der Waals surface area contributed by atoms with Crippen molar-refractivity contribution in [3.63, 3.8) is 0 Å². The summed E-state index contributed by atoms with van der Waals surface area (Å²) in [6, 6.07) is 21.0. The van der Waals surface area contributed by atoms with Crippen molar-refractivity contribution in [2.24, 2.45) is 0 Å². The van der Waals surface area contributed by atoms with Crippen LogP contribution < -0.4 is 19.5 Å². The molecule has 2 N–H and O–H groups in total. The van der Waals surface area contributed by atoms with E-state index in [4.69, 9.17) is 9.47 Å². The van der Waals surface area contributed by atoms with Crippen molar-refractivity contribution < 1.29 is 22.7 Å². The summed E-state index contributed by atoms with van der Waals surface area (Å²) < 4.78 is 38.5. The lowest BCUT2D eigenvalue weighted by Crippen LogP contribution is -2.30. The highest BCUT2D eigenvalue weighted by molar-refractivity contribution is 7.92. The summed E-state index contributed by atoms with van der Waals surface area (Å²) in [6.07, 6.45) is 0.735. The number of methoxy groups -OCH3 is 1. The Hall–Kier alpha value is -3.52. The second-order valence-corrected chi connectivity index (χ2v) is 8.82. The van der Waals surface area contributed by atoms with E-state index in [1.165, 1.54) is 12.1 Å². The zero-order chi connectivity index (χ0) is 23.0. The monoisotopic (exact) mass is 454 g/mol. The van der Waals surface area contributed by atoms with Gasteiger partial charge in [-0.25, -0.2) is 8.42 Å². The lowest BCUT2D eigenvalue weighted by Gasteiger charge is -2.12. The number of carbonyl (C=O) groups is 1. The first-order valence-electron chi connectivity index (χ1n) is 10.1. The average Bonchev–Trinajstić information content (AvgIpc) is 2.79. The summed E-state index contributed by atoms with van der Waals surface area (Å²) in [5.74, 6) is 0.846. The molecule has 0 aliphatic carbocycles. The maximum atomic E-state index is 12.7. The smallest absolute Gasteiger partial charge is 0.261 e. The Labute approximate surface area is 188 Å². The number of sulfonamides is 1. The van der Waals surface area contributed by atoms with Gasteiger partial charge < -0.3 is 14.8 Å². The van der Waals surface area contributed by atoms with E-state index in [0.717, 1.165) is 12.0 Å². The molecule has 1 amide bonds. The lowest BCUT2D eigenvalue weighted by molar-refractivity contribution is -0.123. The summed E-state index contributed by atoms with van der Waals surface area (Å²) in [6.45, 7) is 2.10. The lowest BCUT2D eigenvalue weighted by atomic mass is 10.1. The van der Waals surface area contributed by atoms with Crippen LogP contribution in [0, 0.1) is 6.92 Å². The van der Waals surface area contributed by atoms with Gasteiger partial charge in [0.25, 0.3) is 15.9 Å². The molecule has 0 saturated heterocycles. The quantitative estimate of drug-likeness (QED) is 0.489. The van der Waals surface area contributed by atoms with Crippen LogP contribution in [-0.2, 0) is 21.2 Å². The second-order valence-electron chi connectivity index (χ2n) is 7.14. The molecule has 0 unspecified atom stereocenters. The number of hydrogen-bond donors (Lipinski definition) is 2. The fraction of sp³-hybridized carbons (Fsp3) is 0.208. The van der Waals surface area contributed by atoms with Crippen LogP contribution in [0.1, 0.15) is 11.1 Å². The molecule has 0 saturated carbocycles. The molecule has 0 atom stereocenters. The Morgan fingerprint density at radius 2 is 1.69 bits per heavy atom. The van der Waals surface area contributed by atoms with Gasteiger partial charge in [0.2, 0.25) is 0 Å². The number of hydrogen-bond acceptors (Lipinski definition) is 5. The van der Waals surface area contributed by atoms with Crippen LogP contribution in [0.25, 0.3) is 0 Å². The summed E-state index contributed by atoms with van der Waals surface area (Å²) in [4.78, 5) is 12.1. The number of rotatable bonds is 10. The number of amides is 1. The standard InChI is InChI=1S/C24H26N2O5S/c1-18-16-22(32(28,29)26-20-8-10-21(30-2)11-9-20)12-13-23(18)31-17-24(27)25-15-14-19-6-4-3-5-7-19/h3-13,16,26H,14-15,17H2,1-2H3,(H,25,27). The van der Waals surface area contributed by atoms with E-state index in [0.29, 0.717) is 29.3 Å². The average molecular weight is 455 g/mol. The Bertz CT molecular complexity index is 1150. The van der Waals surface area contributed by atoms with Gasteiger partial charge in [-0.3, -0.25) is 9.52 Å². The normalized spacial score (nSPS) is 10.9. The van der Waals surface area contributed by atoms with Crippen molar-refractivity contribution in [3.8, 4) is 11.5 Å². The van der Waals surface area contributed by atoms with E-state index in [9.17, 15) is 13.2 Å². The minimum Gasteiger partial charge on any atom is -0.497 e. The molecule has 168 valence electrons. The molecule has 0 aliphatic rings. The number of aryl methyl sites for hydroxylation is 1. The highest BCUT2D eigenvalue weighted by Gasteiger charge is 2.16. The minimum atomic E-state index is -3.77. The van der Waals surface area contributed by atoms with Gasteiger partial charge in [-0.05, 0) is 66.9 Å². The van der Waals surface area contributed by atoms with Gasteiger partial charge >= 0.3 is 0 Å². The maximum absolute atomic E-state index is 12.7. The number of anilines is 1. The highest BCUT2D eigenvalue weighted by atomic mass is 32.2. The first-order valence-corrected chi connectivity index (χ1v) is 11.6. The number of ether oxygens (including phenoxy) is 2. The predicted octanol–water partition coefficient (Wildman–Crippen LogP) is 3.54. The summed E-state index contributed by atoms with van der Waals surface area (Å²) in [5, 5.41) is 2.81. The first-order chi connectivity index (χ1) is 15.4. The van der Waals surface area contributed by atoms with Gasteiger partial charge in [-0.2, -0.15) is 0 Å². The molecule has 0 radical (unpaired) electrons. The van der Waals surface area contributed by atoms with Gasteiger partial charge in [-0.15, -0.1) is 0 Å². The van der Waals surface area contributed by atoms with E-state index < -0.39 is 10.0 Å². The molecule has 3 rings (SSSR count). The van der Waals surface area contributed by atoms with E-state index in [1.807, 2.05) is 30.3 Å². The zero-order valence-corrected chi connectivity index (χ0v) is 18.8. The fourth-order valence-electron chi connectivity index (χ4n) is 3.01. The van der Waals surface area contributed by atoms with E-state index in [1.54, 1.807) is 44.4 Å². The number of nitrogens with one attached hydrogen (secondary N) is 2. The summed E-state index contributed by atoms with van der Waals surface area (Å²) >= 11 is 0. The van der Waals surface area contributed by atoms with E-state index >= 15 is 0 Å². The molecule has 0 spiro atoms. The third-order valence-electron chi connectivity index (χ3n) is 4.74. The molecule has 7 nitrogen and oxygen atoms in total. The van der Waals surface area contributed by atoms with Gasteiger partial charge in [0.1, 0.15) is 11.5 Å². The molecule has 0 aliphatic heterocycles. The van der Waals surface area contributed by atoms with Gasteiger partial charge in [0.15, 0.2) is 6.61 Å². The van der Waals surface area contributed by atoms with Gasteiger partial charge in [0.05, 0.1) is 12.0 Å². The van der Waals surface area contributed by atoms with Crippen LogP contribution in [0.2, 0.25) is 0 Å². The largest absolute Gasteiger partial charge is 0.497 e. The maximum Gasteiger partial charge on any atom is 0.261 e. The third kappa shape index (κ3) is 6.49. The fourth-order valence-corrected chi connectivity index (χ4v) is 4.15. The minimum absolute atomic E-state index is 0.102. The van der Waals surface area contributed by atoms with Crippen LogP contribution in [0.4, 0.5) is 5.69 Å². The van der Waals surface area contributed by atoms with Gasteiger partial charge in [0, 0.05) is 12.2 Å². The topological polar surface area (TPSA) is 93.7 Å². The van der Waals surface area contributed by atoms with Crippen molar-refractivity contribution in [1.82, 2.24) is 5.32 Å². The van der Waals surface area contributed by atoms with Gasteiger partial charge in [-0.1, -0.05) is 30.3 Å². The SMILES string of the molecule is COc1ccc(NS(=O)(=O)c2ccc(OCC(=O)NCCc3ccccc3)c(C)c2)cc1. The van der Waals surface area contributed by atoms with Crippen molar-refractivity contribution in [3.05, 3.63) is 83.9 Å². The third-order valence-corrected chi connectivity index (χ3v) is 6.12. The molecule has 32 heavy (non-hydrogen) atoms. The molecule has 0 heterocycles. The first kappa shape index (κ1) is 23.1. The molecule has 3 aromatic rings. The van der Waals surface area contributed by atoms with Crippen LogP contribution in [0.15, 0.2) is 77.7 Å². The Kier molecular flexibility index (Phi) is 7.72. The van der Waals surface area contributed by atoms with Crippen LogP contribution in [0.3, 0.4) is 0 Å². The molecular formula is C24H26N2O5S. The van der Waals surface area contributed by atoms with Crippen molar-refractivity contribution in [2.75, 3.05) is 25.0 Å².